The first kappa shape index (κ1) is 20.1. The number of hydrogen-bond acceptors (Lipinski definition) is 1. The molecule has 0 amide bonds. The van der Waals surface area contributed by atoms with Crippen LogP contribution in [-0.2, 0) is 5.41 Å². The van der Waals surface area contributed by atoms with Gasteiger partial charge < -0.3 is 9.30 Å². The summed E-state index contributed by atoms with van der Waals surface area (Å²) in [7, 11) is 0. The first-order chi connectivity index (χ1) is 17.1. The number of hydrogen-bond donors (Lipinski definition) is 0. The smallest absolute Gasteiger partial charge is 0.131 e. The molecule has 2 heteroatoms. The number of ether oxygens (including phenoxy) is 1. The number of fused-ring (bicyclic) bond motifs is 5. The van der Waals surface area contributed by atoms with Gasteiger partial charge in [0.15, 0.2) is 0 Å². The third kappa shape index (κ3) is 2.96. The summed E-state index contributed by atoms with van der Waals surface area (Å²) in [6.45, 7) is 4.56. The minimum Gasteiger partial charge on any atom is -0.457 e. The van der Waals surface area contributed by atoms with Gasteiger partial charge in [-0.3, -0.25) is 0 Å². The van der Waals surface area contributed by atoms with Crippen LogP contribution in [0.2, 0.25) is 0 Å². The van der Waals surface area contributed by atoms with Gasteiger partial charge in [0.05, 0.1) is 11.0 Å². The lowest BCUT2D eigenvalue weighted by Crippen LogP contribution is -2.24. The third-order valence-electron chi connectivity index (χ3n) is 7.47. The summed E-state index contributed by atoms with van der Waals surface area (Å²) in [6.07, 6.45) is 0. The maximum atomic E-state index is 6.25. The van der Waals surface area contributed by atoms with Gasteiger partial charge >= 0.3 is 0 Å². The standard InChI is InChI=1S/C33H25NO/c1-33(2)27-11-5-8-14-31(27)35-32-20-17-23(21-28(32)33)22-15-18-24(19-16-22)34-29-12-6-3-9-25(29)26-10-4-7-13-30(26)34/h3-21H,1-2H3. The van der Waals surface area contributed by atoms with Crippen molar-refractivity contribution in [1.82, 2.24) is 4.57 Å². The molecule has 1 aromatic heterocycles. The molecule has 0 spiro atoms. The molecule has 0 radical (unpaired) electrons. The van der Waals surface area contributed by atoms with Crippen molar-refractivity contribution in [2.45, 2.75) is 19.3 Å². The fraction of sp³-hybridized carbons (Fsp3) is 0.0909. The van der Waals surface area contributed by atoms with E-state index in [1.54, 1.807) is 0 Å². The number of para-hydroxylation sites is 3. The Hall–Kier alpha value is -4.30. The molecule has 0 saturated heterocycles. The summed E-state index contributed by atoms with van der Waals surface area (Å²) in [5.41, 5.74) is 8.36. The van der Waals surface area contributed by atoms with Crippen LogP contribution in [0, 0.1) is 0 Å². The zero-order valence-corrected chi connectivity index (χ0v) is 19.8. The molecule has 0 saturated carbocycles. The van der Waals surface area contributed by atoms with E-state index in [1.807, 2.05) is 6.07 Å². The Morgan fingerprint density at radius 2 is 1.11 bits per heavy atom. The molecular weight excluding hydrogens is 426 g/mol. The van der Waals surface area contributed by atoms with Crippen LogP contribution in [0.4, 0.5) is 0 Å². The fourth-order valence-electron chi connectivity index (χ4n) is 5.63. The molecule has 1 aliphatic rings. The normalized spacial score (nSPS) is 13.9. The molecule has 2 nitrogen and oxygen atoms in total. The van der Waals surface area contributed by atoms with Gasteiger partial charge in [-0.2, -0.15) is 0 Å². The van der Waals surface area contributed by atoms with Gasteiger partial charge in [0, 0.05) is 33.0 Å². The largest absolute Gasteiger partial charge is 0.457 e. The van der Waals surface area contributed by atoms with Crippen molar-refractivity contribution in [2.75, 3.05) is 0 Å². The van der Waals surface area contributed by atoms with Gasteiger partial charge in [-0.1, -0.05) is 86.6 Å². The van der Waals surface area contributed by atoms with E-state index in [0.29, 0.717) is 0 Å². The van der Waals surface area contributed by atoms with Crippen LogP contribution in [-0.4, -0.2) is 4.57 Å². The topological polar surface area (TPSA) is 14.2 Å². The van der Waals surface area contributed by atoms with E-state index in [4.69, 9.17) is 4.74 Å². The average Bonchev–Trinajstić information content (AvgIpc) is 3.23. The quantitative estimate of drug-likeness (QED) is 0.256. The highest BCUT2D eigenvalue weighted by molar-refractivity contribution is 6.09. The van der Waals surface area contributed by atoms with Gasteiger partial charge in [-0.15, -0.1) is 0 Å². The number of rotatable bonds is 2. The van der Waals surface area contributed by atoms with Gasteiger partial charge in [-0.25, -0.2) is 0 Å². The summed E-state index contributed by atoms with van der Waals surface area (Å²) < 4.78 is 8.61. The second-order valence-corrected chi connectivity index (χ2v) is 9.85. The lowest BCUT2D eigenvalue weighted by atomic mass is 9.75. The Morgan fingerprint density at radius 1 is 0.543 bits per heavy atom. The van der Waals surface area contributed by atoms with Crippen molar-refractivity contribution in [1.29, 1.82) is 0 Å². The lowest BCUT2D eigenvalue weighted by molar-refractivity contribution is 0.418. The highest BCUT2D eigenvalue weighted by Crippen LogP contribution is 2.48. The Morgan fingerprint density at radius 3 is 1.83 bits per heavy atom. The molecule has 0 aliphatic carbocycles. The molecule has 0 fully saturated rings. The highest BCUT2D eigenvalue weighted by atomic mass is 16.5. The van der Waals surface area contributed by atoms with Crippen LogP contribution in [0.3, 0.4) is 0 Å². The summed E-state index contributed by atoms with van der Waals surface area (Å²) in [6, 6.07) is 41.1. The molecule has 7 rings (SSSR count). The lowest BCUT2D eigenvalue weighted by Gasteiger charge is -2.34. The van der Waals surface area contributed by atoms with Crippen LogP contribution in [0.1, 0.15) is 25.0 Å². The van der Waals surface area contributed by atoms with Crippen molar-refractivity contribution >= 4 is 21.8 Å². The predicted octanol–water partition coefficient (Wildman–Crippen LogP) is 8.88. The first-order valence-corrected chi connectivity index (χ1v) is 12.1. The molecule has 1 aliphatic heterocycles. The van der Waals surface area contributed by atoms with E-state index < -0.39 is 0 Å². The first-order valence-electron chi connectivity index (χ1n) is 12.1. The van der Waals surface area contributed by atoms with Crippen molar-refractivity contribution in [3.8, 4) is 28.3 Å². The molecule has 5 aromatic carbocycles. The van der Waals surface area contributed by atoms with Crippen LogP contribution in [0.5, 0.6) is 11.5 Å². The molecule has 35 heavy (non-hydrogen) atoms. The second kappa shape index (κ2) is 7.35. The molecule has 0 N–H and O–H groups in total. The van der Waals surface area contributed by atoms with E-state index in [1.165, 1.54) is 49.7 Å². The van der Waals surface area contributed by atoms with E-state index in [-0.39, 0.29) is 5.41 Å². The molecule has 168 valence electrons. The van der Waals surface area contributed by atoms with Crippen LogP contribution in [0.25, 0.3) is 38.6 Å². The summed E-state index contributed by atoms with van der Waals surface area (Å²) in [4.78, 5) is 0. The van der Waals surface area contributed by atoms with E-state index >= 15 is 0 Å². The van der Waals surface area contributed by atoms with Gasteiger partial charge in [0.2, 0.25) is 0 Å². The van der Waals surface area contributed by atoms with Crippen molar-refractivity contribution in [3.05, 3.63) is 126 Å². The molecule has 0 atom stereocenters. The zero-order chi connectivity index (χ0) is 23.6. The molecule has 0 unspecified atom stereocenters. The highest BCUT2D eigenvalue weighted by Gasteiger charge is 2.34. The van der Waals surface area contributed by atoms with E-state index in [0.717, 1.165) is 11.5 Å². The van der Waals surface area contributed by atoms with Gasteiger partial charge in [-0.05, 0) is 53.6 Å². The zero-order valence-electron chi connectivity index (χ0n) is 19.8. The van der Waals surface area contributed by atoms with Crippen LogP contribution >= 0.6 is 0 Å². The number of aromatic nitrogens is 1. The SMILES string of the molecule is CC1(C)c2ccccc2Oc2ccc(-c3ccc(-n4c5ccccc5c5ccccc54)cc3)cc21. The monoisotopic (exact) mass is 451 g/mol. The summed E-state index contributed by atoms with van der Waals surface area (Å²) >= 11 is 0. The van der Waals surface area contributed by atoms with Crippen LogP contribution in [0.15, 0.2) is 115 Å². The Labute approximate surface area is 205 Å². The van der Waals surface area contributed by atoms with Crippen molar-refractivity contribution in [2.24, 2.45) is 0 Å². The molecule has 2 heterocycles. The average molecular weight is 452 g/mol. The summed E-state index contributed by atoms with van der Waals surface area (Å²) in [5, 5.41) is 2.56. The van der Waals surface area contributed by atoms with Gasteiger partial charge in [0.1, 0.15) is 11.5 Å². The minimum atomic E-state index is -0.122. The molecule has 0 bridgehead atoms. The van der Waals surface area contributed by atoms with Gasteiger partial charge in [0.25, 0.3) is 0 Å². The summed E-state index contributed by atoms with van der Waals surface area (Å²) in [5.74, 6) is 1.90. The van der Waals surface area contributed by atoms with E-state index in [9.17, 15) is 0 Å². The predicted molar refractivity (Wildman–Crippen MR) is 145 cm³/mol. The van der Waals surface area contributed by atoms with Crippen molar-refractivity contribution in [3.63, 3.8) is 0 Å². The number of benzene rings is 5. The fourth-order valence-corrected chi connectivity index (χ4v) is 5.63. The Kier molecular flexibility index (Phi) is 4.22. The Balaban J connectivity index is 1.32. The Bertz CT molecular complexity index is 1680. The molecular formula is C33H25NO. The molecule has 6 aromatic rings. The maximum absolute atomic E-state index is 6.25. The van der Waals surface area contributed by atoms with Crippen LogP contribution < -0.4 is 4.74 Å². The second-order valence-electron chi connectivity index (χ2n) is 9.85. The third-order valence-corrected chi connectivity index (χ3v) is 7.47. The van der Waals surface area contributed by atoms with Crippen molar-refractivity contribution < 1.29 is 4.74 Å². The maximum Gasteiger partial charge on any atom is 0.131 e. The minimum absolute atomic E-state index is 0.122. The number of nitrogens with zero attached hydrogens (tertiary/aromatic N) is 1. The van der Waals surface area contributed by atoms with E-state index in [2.05, 4.69) is 128 Å².